The number of carbonyl (C=O) groups excluding carboxylic acids is 2. The average molecular weight is 447 g/mol. The summed E-state index contributed by atoms with van der Waals surface area (Å²) < 4.78 is 6.05. The molecule has 0 aromatic heterocycles. The van der Waals surface area contributed by atoms with Gasteiger partial charge in [-0.15, -0.1) is 0 Å². The van der Waals surface area contributed by atoms with E-state index >= 15 is 0 Å². The van der Waals surface area contributed by atoms with Crippen molar-refractivity contribution in [1.82, 2.24) is 0 Å². The van der Waals surface area contributed by atoms with E-state index in [9.17, 15) is 9.59 Å². The van der Waals surface area contributed by atoms with Gasteiger partial charge < -0.3 is 10.1 Å². The van der Waals surface area contributed by atoms with Crippen molar-refractivity contribution in [1.29, 1.82) is 0 Å². The Hall–Kier alpha value is -3.42. The second-order valence-electron chi connectivity index (χ2n) is 6.62. The first-order chi connectivity index (χ1) is 15.1. The van der Waals surface area contributed by atoms with Crippen molar-refractivity contribution in [2.24, 2.45) is 0 Å². The molecule has 3 aromatic rings. The first kappa shape index (κ1) is 20.8. The molecule has 3 aromatic carbocycles. The van der Waals surface area contributed by atoms with E-state index in [1.807, 2.05) is 72.8 Å². The third-order valence-corrected chi connectivity index (χ3v) is 5.72. The Morgan fingerprint density at radius 2 is 1.61 bits per heavy atom. The maximum Gasteiger partial charge on any atom is 0.270 e. The Bertz CT molecular complexity index is 1130. The number of amides is 2. The molecule has 1 aliphatic heterocycles. The SMILES string of the molecule is O=C(COc1ccc(/C=C2/SC(=S)N(c3ccccc3)C2=O)cc1)Nc1ccccc1. The lowest BCUT2D eigenvalue weighted by Crippen LogP contribution is -2.27. The zero-order valence-electron chi connectivity index (χ0n) is 16.4. The molecule has 0 radical (unpaired) electrons. The Morgan fingerprint density at radius 3 is 2.29 bits per heavy atom. The van der Waals surface area contributed by atoms with Crippen molar-refractivity contribution in [3.8, 4) is 5.75 Å². The number of nitrogens with one attached hydrogen (secondary N) is 1. The number of nitrogens with zero attached hydrogens (tertiary/aromatic N) is 1. The molecule has 5 nitrogen and oxygen atoms in total. The van der Waals surface area contributed by atoms with Crippen molar-refractivity contribution in [3.05, 3.63) is 95.4 Å². The van der Waals surface area contributed by atoms with Crippen molar-refractivity contribution in [3.63, 3.8) is 0 Å². The highest BCUT2D eigenvalue weighted by molar-refractivity contribution is 8.27. The monoisotopic (exact) mass is 446 g/mol. The maximum atomic E-state index is 12.8. The number of hydrogen-bond acceptors (Lipinski definition) is 5. The Kier molecular flexibility index (Phi) is 6.45. The minimum Gasteiger partial charge on any atom is -0.484 e. The van der Waals surface area contributed by atoms with Gasteiger partial charge in [-0.05, 0) is 48.0 Å². The molecule has 154 valence electrons. The van der Waals surface area contributed by atoms with Gasteiger partial charge in [0.25, 0.3) is 11.8 Å². The standard InChI is InChI=1S/C24H18N2O3S2/c27-22(25-18-7-3-1-4-8-18)16-29-20-13-11-17(12-14-20)15-21-23(28)26(24(30)31-21)19-9-5-2-6-10-19/h1-15H,16H2,(H,25,27)/b21-15+. The fourth-order valence-electron chi connectivity index (χ4n) is 2.95. The molecule has 0 bridgehead atoms. The van der Waals surface area contributed by atoms with Crippen LogP contribution in [0.1, 0.15) is 5.56 Å². The van der Waals surface area contributed by atoms with Crippen LogP contribution >= 0.6 is 24.0 Å². The summed E-state index contributed by atoms with van der Waals surface area (Å²) >= 11 is 6.66. The van der Waals surface area contributed by atoms with Gasteiger partial charge in [-0.25, -0.2) is 0 Å². The largest absolute Gasteiger partial charge is 0.484 e. The second kappa shape index (κ2) is 9.59. The normalized spacial score (nSPS) is 14.7. The Labute approximate surface area is 189 Å². The van der Waals surface area contributed by atoms with E-state index in [1.54, 1.807) is 18.2 Å². The van der Waals surface area contributed by atoms with Gasteiger partial charge in [-0.3, -0.25) is 14.5 Å². The van der Waals surface area contributed by atoms with E-state index in [4.69, 9.17) is 17.0 Å². The summed E-state index contributed by atoms with van der Waals surface area (Å²) in [4.78, 5) is 26.9. The molecule has 0 aliphatic carbocycles. The summed E-state index contributed by atoms with van der Waals surface area (Å²) in [6.07, 6.45) is 1.80. The molecule has 1 aliphatic rings. The molecule has 0 saturated carbocycles. The van der Waals surface area contributed by atoms with E-state index in [0.717, 1.165) is 16.9 Å². The fraction of sp³-hybridized carbons (Fsp3) is 0.0417. The molecule has 4 rings (SSSR count). The molecule has 0 atom stereocenters. The highest BCUT2D eigenvalue weighted by atomic mass is 32.2. The molecular weight excluding hydrogens is 428 g/mol. The van der Waals surface area contributed by atoms with Gasteiger partial charge in [0, 0.05) is 5.69 Å². The first-order valence-corrected chi connectivity index (χ1v) is 10.7. The first-order valence-electron chi connectivity index (χ1n) is 9.51. The zero-order valence-corrected chi connectivity index (χ0v) is 18.0. The summed E-state index contributed by atoms with van der Waals surface area (Å²) in [5.74, 6) is 0.191. The lowest BCUT2D eigenvalue weighted by Gasteiger charge is -2.13. The molecule has 0 unspecified atom stereocenters. The zero-order chi connectivity index (χ0) is 21.6. The minimum atomic E-state index is -0.236. The number of carbonyl (C=O) groups is 2. The van der Waals surface area contributed by atoms with Crippen LogP contribution in [-0.2, 0) is 9.59 Å². The highest BCUT2D eigenvalue weighted by Crippen LogP contribution is 2.36. The number of para-hydroxylation sites is 2. The Morgan fingerprint density at radius 1 is 0.968 bits per heavy atom. The molecule has 0 spiro atoms. The molecule has 1 heterocycles. The van der Waals surface area contributed by atoms with E-state index in [1.165, 1.54) is 16.7 Å². The van der Waals surface area contributed by atoms with Crippen LogP contribution in [0.15, 0.2) is 89.8 Å². The fourth-order valence-corrected chi connectivity index (χ4v) is 4.25. The van der Waals surface area contributed by atoms with Crippen LogP contribution in [0.3, 0.4) is 0 Å². The van der Waals surface area contributed by atoms with Gasteiger partial charge >= 0.3 is 0 Å². The van der Waals surface area contributed by atoms with Crippen LogP contribution in [-0.4, -0.2) is 22.7 Å². The van der Waals surface area contributed by atoms with Crippen molar-refractivity contribution >= 4 is 57.6 Å². The van der Waals surface area contributed by atoms with E-state index in [0.29, 0.717) is 15.0 Å². The lowest BCUT2D eigenvalue weighted by molar-refractivity contribution is -0.118. The maximum absolute atomic E-state index is 12.8. The van der Waals surface area contributed by atoms with Gasteiger partial charge in [0.1, 0.15) is 5.75 Å². The number of anilines is 2. The van der Waals surface area contributed by atoms with Crippen LogP contribution < -0.4 is 15.0 Å². The Balaban J connectivity index is 1.37. The number of benzene rings is 3. The summed E-state index contributed by atoms with van der Waals surface area (Å²) in [5, 5.41) is 2.77. The minimum absolute atomic E-state index is 0.0933. The van der Waals surface area contributed by atoms with E-state index in [-0.39, 0.29) is 18.4 Å². The molecule has 31 heavy (non-hydrogen) atoms. The van der Waals surface area contributed by atoms with Crippen molar-refractivity contribution in [2.45, 2.75) is 0 Å². The van der Waals surface area contributed by atoms with Crippen LogP contribution in [0.2, 0.25) is 0 Å². The quantitative estimate of drug-likeness (QED) is 0.421. The summed E-state index contributed by atoms with van der Waals surface area (Å²) in [6, 6.07) is 25.7. The number of hydrogen-bond donors (Lipinski definition) is 1. The predicted molar refractivity (Wildman–Crippen MR) is 129 cm³/mol. The number of thiocarbonyl (C=S) groups is 1. The number of thioether (sulfide) groups is 1. The van der Waals surface area contributed by atoms with Crippen LogP contribution in [0.5, 0.6) is 5.75 Å². The van der Waals surface area contributed by atoms with Gasteiger partial charge in [0.05, 0.1) is 10.6 Å². The third kappa shape index (κ3) is 5.20. The molecule has 1 saturated heterocycles. The van der Waals surface area contributed by atoms with Crippen LogP contribution in [0.25, 0.3) is 6.08 Å². The van der Waals surface area contributed by atoms with Crippen molar-refractivity contribution < 1.29 is 14.3 Å². The average Bonchev–Trinajstić information content (AvgIpc) is 3.07. The van der Waals surface area contributed by atoms with Gasteiger partial charge in [0.2, 0.25) is 0 Å². The molecular formula is C24H18N2O3S2. The topological polar surface area (TPSA) is 58.6 Å². The van der Waals surface area contributed by atoms with E-state index in [2.05, 4.69) is 5.32 Å². The molecule has 1 fully saturated rings. The second-order valence-corrected chi connectivity index (χ2v) is 8.30. The smallest absolute Gasteiger partial charge is 0.270 e. The van der Waals surface area contributed by atoms with Gasteiger partial charge in [0.15, 0.2) is 10.9 Å². The molecule has 2 amide bonds. The van der Waals surface area contributed by atoms with Gasteiger partial charge in [-0.2, -0.15) is 0 Å². The van der Waals surface area contributed by atoms with Crippen molar-refractivity contribution in [2.75, 3.05) is 16.8 Å². The van der Waals surface area contributed by atoms with E-state index < -0.39 is 0 Å². The van der Waals surface area contributed by atoms with Gasteiger partial charge in [-0.1, -0.05) is 72.5 Å². The summed E-state index contributed by atoms with van der Waals surface area (Å²) in [6.45, 7) is -0.0933. The predicted octanol–water partition coefficient (Wildman–Crippen LogP) is 5.11. The summed E-state index contributed by atoms with van der Waals surface area (Å²) in [7, 11) is 0. The number of rotatable bonds is 6. The molecule has 1 N–H and O–H groups in total. The lowest BCUT2D eigenvalue weighted by atomic mass is 10.2. The van der Waals surface area contributed by atoms with Crippen LogP contribution in [0, 0.1) is 0 Å². The highest BCUT2D eigenvalue weighted by Gasteiger charge is 2.33. The third-order valence-electron chi connectivity index (χ3n) is 4.41. The van der Waals surface area contributed by atoms with Crippen LogP contribution in [0.4, 0.5) is 11.4 Å². The molecule has 7 heteroatoms. The summed E-state index contributed by atoms with van der Waals surface area (Å²) in [5.41, 5.74) is 2.32. The number of ether oxygens (including phenoxy) is 1.